The summed E-state index contributed by atoms with van der Waals surface area (Å²) in [5.41, 5.74) is -5.78. The fraction of sp³-hybridized carbons (Fsp3) is 0.619. The van der Waals surface area contributed by atoms with Crippen LogP contribution in [0.25, 0.3) is 0 Å². The molecule has 6 atom stereocenters. The number of fused-ring (bicyclic) bond motifs is 11. The molecule has 0 spiro atoms. The van der Waals surface area contributed by atoms with Crippen LogP contribution in [-0.4, -0.2) is 81.4 Å². The summed E-state index contributed by atoms with van der Waals surface area (Å²) in [5.74, 6) is -22.0. The topological polar surface area (TPSA) is 87.1 Å². The van der Waals surface area contributed by atoms with E-state index in [1.54, 1.807) is 0 Å². The second-order valence-electron chi connectivity index (χ2n) is 9.38. The third-order valence-electron chi connectivity index (χ3n) is 8.01. The highest BCUT2D eigenvalue weighted by molar-refractivity contribution is 8.03. The lowest BCUT2D eigenvalue weighted by atomic mass is 9.59. The maximum atomic E-state index is 15.2. The summed E-state index contributed by atoms with van der Waals surface area (Å²) in [4.78, 5) is 26.8. The minimum Gasteiger partial charge on any atom is -0.395 e. The van der Waals surface area contributed by atoms with Gasteiger partial charge in [-0.3, -0.25) is 14.5 Å². The maximum Gasteiger partial charge on any atom is 0.380 e. The number of carbonyl (C=O) groups excluding carboxylic acids is 2. The number of allylic oxidation sites excluding steroid dienone is 3. The molecule has 0 aromatic heterocycles. The lowest BCUT2D eigenvalue weighted by Crippen LogP contribution is -2.55. The number of halogens is 6. The predicted octanol–water partition coefficient (Wildman–Crippen LogP) is 1.89. The quantitative estimate of drug-likeness (QED) is 0.447. The van der Waals surface area contributed by atoms with Gasteiger partial charge in [0.15, 0.2) is 0 Å². The standard InChI is InChI=1S/C21H17F6NO5S/c1-6-4-34-15-7(6)10-11(20(24,25)21(26,27)19(10,22)23)8-12(15)18(5-30)13-9(14(8)33-18)16(31)28(2-3-29)17(13)32/h4,9,12-15,29-30H,2-3,5H2,1H3. The maximum absolute atomic E-state index is 15.2. The number of thioether (sulfide) groups is 1. The van der Waals surface area contributed by atoms with Crippen molar-refractivity contribution in [2.75, 3.05) is 19.8 Å². The van der Waals surface area contributed by atoms with E-state index in [0.717, 1.165) is 11.8 Å². The number of aliphatic hydroxyl groups excluding tert-OH is 2. The molecule has 4 heterocycles. The van der Waals surface area contributed by atoms with Crippen LogP contribution in [-0.2, 0) is 14.3 Å². The molecule has 2 aliphatic carbocycles. The summed E-state index contributed by atoms with van der Waals surface area (Å²) in [6, 6.07) is 0. The van der Waals surface area contributed by atoms with Gasteiger partial charge >= 0.3 is 17.8 Å². The van der Waals surface area contributed by atoms with Gasteiger partial charge in [-0.25, -0.2) is 0 Å². The monoisotopic (exact) mass is 509 g/mol. The van der Waals surface area contributed by atoms with Crippen LogP contribution in [0.3, 0.4) is 0 Å². The molecule has 1 saturated carbocycles. The molecule has 0 radical (unpaired) electrons. The molecule has 0 aromatic carbocycles. The molecule has 13 heteroatoms. The van der Waals surface area contributed by atoms with Crippen molar-refractivity contribution in [1.29, 1.82) is 0 Å². The number of hydrogen-bond acceptors (Lipinski definition) is 6. The zero-order valence-electron chi connectivity index (χ0n) is 17.3. The summed E-state index contributed by atoms with van der Waals surface area (Å²) < 4.78 is 95.4. The second-order valence-corrected chi connectivity index (χ2v) is 10.4. The molecule has 6 rings (SSSR count). The number of ether oxygens (including phenoxy) is 1. The van der Waals surface area contributed by atoms with Crippen molar-refractivity contribution in [2.24, 2.45) is 17.8 Å². The van der Waals surface area contributed by atoms with E-state index in [-0.39, 0.29) is 11.1 Å². The summed E-state index contributed by atoms with van der Waals surface area (Å²) >= 11 is 0.943. The molecule has 2 bridgehead atoms. The third kappa shape index (κ3) is 2.04. The zero-order chi connectivity index (χ0) is 24.7. The van der Waals surface area contributed by atoms with Gasteiger partial charge in [-0.05, 0) is 29.1 Å². The molecule has 34 heavy (non-hydrogen) atoms. The molecule has 4 aliphatic heterocycles. The minimum absolute atomic E-state index is 0.109. The first-order valence-electron chi connectivity index (χ1n) is 10.5. The number of alkyl halides is 6. The molecule has 3 saturated heterocycles. The fourth-order valence-corrected chi connectivity index (χ4v) is 8.21. The molecule has 6 aliphatic rings. The minimum atomic E-state index is -5.73. The van der Waals surface area contributed by atoms with Crippen molar-refractivity contribution >= 4 is 23.6 Å². The summed E-state index contributed by atoms with van der Waals surface area (Å²) in [7, 11) is 0. The van der Waals surface area contributed by atoms with Crippen LogP contribution in [0.5, 0.6) is 0 Å². The van der Waals surface area contributed by atoms with Gasteiger partial charge in [0.2, 0.25) is 11.8 Å². The first-order valence-corrected chi connectivity index (χ1v) is 11.5. The number of amides is 2. The first-order chi connectivity index (χ1) is 15.8. The third-order valence-corrected chi connectivity index (χ3v) is 9.30. The number of aliphatic hydroxyl groups is 2. The van der Waals surface area contributed by atoms with Crippen LogP contribution in [0.1, 0.15) is 6.92 Å². The van der Waals surface area contributed by atoms with E-state index in [1.807, 2.05) is 0 Å². The molecule has 184 valence electrons. The van der Waals surface area contributed by atoms with E-state index >= 15 is 17.6 Å². The van der Waals surface area contributed by atoms with Crippen LogP contribution < -0.4 is 0 Å². The average molecular weight is 509 g/mol. The van der Waals surface area contributed by atoms with E-state index in [0.29, 0.717) is 4.90 Å². The molecule has 4 fully saturated rings. The van der Waals surface area contributed by atoms with E-state index in [2.05, 4.69) is 0 Å². The van der Waals surface area contributed by atoms with Crippen molar-refractivity contribution in [3.63, 3.8) is 0 Å². The number of carbonyl (C=O) groups is 2. The number of β-amino-alcohol motifs (C(OH)–C–C–N with tert-alkyl or cyclic N) is 1. The highest BCUT2D eigenvalue weighted by Gasteiger charge is 2.86. The Kier molecular flexibility index (Phi) is 4.18. The Bertz CT molecular complexity index is 1160. The van der Waals surface area contributed by atoms with Crippen LogP contribution >= 0.6 is 11.8 Å². The number of hydrogen-bond donors (Lipinski definition) is 2. The van der Waals surface area contributed by atoms with Gasteiger partial charge in [-0.15, -0.1) is 11.8 Å². The predicted molar refractivity (Wildman–Crippen MR) is 103 cm³/mol. The summed E-state index contributed by atoms with van der Waals surface area (Å²) in [6.07, 6.45) is -1.66. The Hall–Kier alpha value is -1.83. The summed E-state index contributed by atoms with van der Waals surface area (Å²) in [5, 5.41) is 20.0. The Morgan fingerprint density at radius 3 is 2.29 bits per heavy atom. The van der Waals surface area contributed by atoms with Gasteiger partial charge in [0.25, 0.3) is 0 Å². The van der Waals surface area contributed by atoms with Crippen molar-refractivity contribution in [2.45, 2.75) is 41.6 Å². The van der Waals surface area contributed by atoms with Crippen molar-refractivity contribution in [1.82, 2.24) is 4.90 Å². The number of rotatable bonds is 3. The molecular formula is C21H17F6NO5S. The largest absolute Gasteiger partial charge is 0.395 e. The van der Waals surface area contributed by atoms with Crippen LogP contribution in [0.15, 0.2) is 33.3 Å². The van der Waals surface area contributed by atoms with E-state index in [4.69, 9.17) is 4.74 Å². The molecule has 2 N–H and O–H groups in total. The Labute approximate surface area is 192 Å². The molecular weight excluding hydrogens is 492 g/mol. The van der Waals surface area contributed by atoms with Crippen molar-refractivity contribution in [3.8, 4) is 0 Å². The Balaban J connectivity index is 1.66. The van der Waals surface area contributed by atoms with Crippen LogP contribution in [0.4, 0.5) is 26.3 Å². The second kappa shape index (κ2) is 6.29. The van der Waals surface area contributed by atoms with Crippen molar-refractivity contribution in [3.05, 3.63) is 33.3 Å². The zero-order valence-corrected chi connectivity index (χ0v) is 18.1. The normalized spacial score (nSPS) is 42.3. The number of imide groups is 1. The molecule has 0 aromatic rings. The van der Waals surface area contributed by atoms with E-state index in [1.165, 1.54) is 12.3 Å². The van der Waals surface area contributed by atoms with Gasteiger partial charge in [-0.1, -0.05) is 0 Å². The molecule has 6 nitrogen and oxygen atoms in total. The summed E-state index contributed by atoms with van der Waals surface area (Å²) in [6.45, 7) is -0.553. The molecule has 2 amide bonds. The number of likely N-dealkylation sites (tertiary alicyclic amines) is 1. The van der Waals surface area contributed by atoms with Gasteiger partial charge in [0, 0.05) is 22.3 Å². The smallest absolute Gasteiger partial charge is 0.380 e. The highest BCUT2D eigenvalue weighted by Crippen LogP contribution is 2.73. The lowest BCUT2D eigenvalue weighted by molar-refractivity contribution is -0.258. The number of nitrogens with zero attached hydrogens (tertiary/aromatic N) is 1. The Morgan fingerprint density at radius 2 is 1.68 bits per heavy atom. The van der Waals surface area contributed by atoms with Gasteiger partial charge < -0.3 is 14.9 Å². The Morgan fingerprint density at radius 1 is 1.03 bits per heavy atom. The van der Waals surface area contributed by atoms with E-state index in [9.17, 15) is 28.6 Å². The molecule has 6 unspecified atom stereocenters. The van der Waals surface area contributed by atoms with E-state index < -0.39 is 101 Å². The van der Waals surface area contributed by atoms with Crippen LogP contribution in [0.2, 0.25) is 0 Å². The fourth-order valence-electron chi connectivity index (χ4n) is 6.76. The average Bonchev–Trinajstić information content (AvgIpc) is 3.50. The van der Waals surface area contributed by atoms with Crippen LogP contribution in [0, 0.1) is 17.8 Å². The van der Waals surface area contributed by atoms with Crippen molar-refractivity contribution < 1.29 is 50.9 Å². The van der Waals surface area contributed by atoms with Gasteiger partial charge in [-0.2, -0.15) is 26.3 Å². The highest BCUT2D eigenvalue weighted by atomic mass is 32.2. The van der Waals surface area contributed by atoms with Gasteiger partial charge in [0.1, 0.15) is 5.60 Å². The van der Waals surface area contributed by atoms with Gasteiger partial charge in [0.05, 0.1) is 37.7 Å². The lowest BCUT2D eigenvalue weighted by Gasteiger charge is -2.43. The first kappa shape index (κ1) is 22.6. The SMILES string of the molecule is CC1=CSC2C1=C1C(=C3C4OC(CO)(C32)C2C(=O)N(CCO)C(=O)C42)C(F)(F)C(F)(F)C1(F)F.